The van der Waals surface area contributed by atoms with Crippen LogP contribution >= 0.6 is 0 Å². The van der Waals surface area contributed by atoms with E-state index < -0.39 is 0 Å². The van der Waals surface area contributed by atoms with Crippen LogP contribution in [0.3, 0.4) is 0 Å². The van der Waals surface area contributed by atoms with Crippen molar-refractivity contribution in [1.29, 1.82) is 0 Å². The SMILES string of the molecule is CC1CN(C(=O)CC2CC3CCC2C3)C(C)CO1. The van der Waals surface area contributed by atoms with Gasteiger partial charge in [-0.15, -0.1) is 0 Å². The molecule has 3 fully saturated rings. The summed E-state index contributed by atoms with van der Waals surface area (Å²) >= 11 is 0. The van der Waals surface area contributed by atoms with E-state index in [9.17, 15) is 4.79 Å². The predicted octanol–water partition coefficient (Wildman–Crippen LogP) is 2.45. The average Bonchev–Trinajstić information content (AvgIpc) is 2.94. The summed E-state index contributed by atoms with van der Waals surface area (Å²) in [5.74, 6) is 2.85. The molecule has 1 amide bonds. The van der Waals surface area contributed by atoms with Crippen molar-refractivity contribution >= 4 is 5.91 Å². The molecule has 0 N–H and O–H groups in total. The highest BCUT2D eigenvalue weighted by atomic mass is 16.5. The third-order valence-corrected chi connectivity index (χ3v) is 5.25. The number of ether oxygens (including phenoxy) is 1. The van der Waals surface area contributed by atoms with Gasteiger partial charge in [0.05, 0.1) is 18.8 Å². The summed E-state index contributed by atoms with van der Waals surface area (Å²) < 4.78 is 5.60. The predicted molar refractivity (Wildman–Crippen MR) is 70.1 cm³/mol. The second kappa shape index (κ2) is 4.84. The summed E-state index contributed by atoms with van der Waals surface area (Å²) in [5.41, 5.74) is 0. The summed E-state index contributed by atoms with van der Waals surface area (Å²) in [5, 5.41) is 0. The smallest absolute Gasteiger partial charge is 0.223 e. The van der Waals surface area contributed by atoms with Crippen LogP contribution in [0.5, 0.6) is 0 Å². The van der Waals surface area contributed by atoms with Gasteiger partial charge in [-0.05, 0) is 50.9 Å². The molecule has 0 aromatic carbocycles. The highest BCUT2D eigenvalue weighted by Crippen LogP contribution is 2.49. The number of carbonyl (C=O) groups is 1. The molecule has 1 heterocycles. The molecular formula is C15H25NO2. The first-order valence-electron chi connectivity index (χ1n) is 7.54. The maximum absolute atomic E-state index is 12.5. The van der Waals surface area contributed by atoms with Crippen molar-refractivity contribution < 1.29 is 9.53 Å². The highest BCUT2D eigenvalue weighted by Gasteiger charge is 2.41. The van der Waals surface area contributed by atoms with E-state index in [1.807, 2.05) is 0 Å². The number of fused-ring (bicyclic) bond motifs is 2. The minimum absolute atomic E-state index is 0.199. The highest BCUT2D eigenvalue weighted by molar-refractivity contribution is 5.77. The van der Waals surface area contributed by atoms with E-state index in [0.717, 1.165) is 24.8 Å². The summed E-state index contributed by atoms with van der Waals surface area (Å²) in [6.07, 6.45) is 6.48. The molecule has 3 aliphatic rings. The first-order valence-corrected chi connectivity index (χ1v) is 7.54. The molecule has 1 aliphatic heterocycles. The lowest BCUT2D eigenvalue weighted by Crippen LogP contribution is -2.50. The van der Waals surface area contributed by atoms with E-state index >= 15 is 0 Å². The Labute approximate surface area is 110 Å². The van der Waals surface area contributed by atoms with Crippen molar-refractivity contribution in [1.82, 2.24) is 4.90 Å². The average molecular weight is 251 g/mol. The Morgan fingerprint density at radius 2 is 2.11 bits per heavy atom. The molecule has 5 unspecified atom stereocenters. The van der Waals surface area contributed by atoms with Crippen molar-refractivity contribution in [3.63, 3.8) is 0 Å². The zero-order chi connectivity index (χ0) is 12.7. The normalized spacial score (nSPS) is 43.4. The van der Waals surface area contributed by atoms with Gasteiger partial charge in [-0.25, -0.2) is 0 Å². The fourth-order valence-corrected chi connectivity index (χ4v) is 4.22. The fourth-order valence-electron chi connectivity index (χ4n) is 4.22. The van der Waals surface area contributed by atoms with E-state index in [0.29, 0.717) is 18.4 Å². The van der Waals surface area contributed by atoms with E-state index in [2.05, 4.69) is 18.7 Å². The number of morpholine rings is 1. The van der Waals surface area contributed by atoms with Gasteiger partial charge in [0.2, 0.25) is 5.91 Å². The third kappa shape index (κ3) is 2.29. The molecule has 5 atom stereocenters. The minimum atomic E-state index is 0.199. The van der Waals surface area contributed by atoms with Gasteiger partial charge in [-0.2, -0.15) is 0 Å². The van der Waals surface area contributed by atoms with Crippen LogP contribution in [0.1, 0.15) is 46.0 Å². The van der Waals surface area contributed by atoms with E-state index in [1.165, 1.54) is 25.7 Å². The van der Waals surface area contributed by atoms with Gasteiger partial charge >= 0.3 is 0 Å². The third-order valence-electron chi connectivity index (χ3n) is 5.25. The standard InChI is InChI=1S/C15H25NO2/c1-10-9-18-11(2)8-16(10)15(17)7-14-6-12-3-4-13(14)5-12/h10-14H,3-9H2,1-2H3. The van der Waals surface area contributed by atoms with Crippen LogP contribution in [-0.4, -0.2) is 36.1 Å². The first-order chi connectivity index (χ1) is 8.63. The lowest BCUT2D eigenvalue weighted by atomic mass is 9.86. The van der Waals surface area contributed by atoms with Crippen LogP contribution in [0, 0.1) is 17.8 Å². The van der Waals surface area contributed by atoms with E-state index in [1.54, 1.807) is 0 Å². The summed E-state index contributed by atoms with van der Waals surface area (Å²) in [7, 11) is 0. The zero-order valence-electron chi connectivity index (χ0n) is 11.6. The van der Waals surface area contributed by atoms with Crippen molar-refractivity contribution in [2.45, 2.75) is 58.1 Å². The number of rotatable bonds is 2. The second-order valence-corrected chi connectivity index (χ2v) is 6.68. The number of nitrogens with zero attached hydrogens (tertiary/aromatic N) is 1. The van der Waals surface area contributed by atoms with Gasteiger partial charge in [0.15, 0.2) is 0 Å². The van der Waals surface area contributed by atoms with Gasteiger partial charge in [-0.1, -0.05) is 6.42 Å². The van der Waals surface area contributed by atoms with Crippen LogP contribution in [0.2, 0.25) is 0 Å². The number of carbonyl (C=O) groups excluding carboxylic acids is 1. The molecule has 0 aromatic rings. The van der Waals surface area contributed by atoms with Crippen LogP contribution in [-0.2, 0) is 9.53 Å². The Bertz CT molecular complexity index is 330. The summed E-state index contributed by atoms with van der Waals surface area (Å²) in [6.45, 7) is 5.64. The van der Waals surface area contributed by atoms with E-state index in [4.69, 9.17) is 4.74 Å². The Kier molecular flexibility index (Phi) is 3.35. The van der Waals surface area contributed by atoms with Crippen LogP contribution < -0.4 is 0 Å². The molecule has 102 valence electrons. The second-order valence-electron chi connectivity index (χ2n) is 6.68. The van der Waals surface area contributed by atoms with Crippen molar-refractivity contribution in [2.24, 2.45) is 17.8 Å². The van der Waals surface area contributed by atoms with Gasteiger partial charge in [0, 0.05) is 13.0 Å². The zero-order valence-corrected chi connectivity index (χ0v) is 11.6. The molecule has 18 heavy (non-hydrogen) atoms. The Balaban J connectivity index is 1.57. The van der Waals surface area contributed by atoms with Crippen molar-refractivity contribution in [3.05, 3.63) is 0 Å². The molecule has 0 aromatic heterocycles. The quantitative estimate of drug-likeness (QED) is 0.754. The maximum Gasteiger partial charge on any atom is 0.223 e. The minimum Gasteiger partial charge on any atom is -0.375 e. The fraction of sp³-hybridized carbons (Fsp3) is 0.933. The van der Waals surface area contributed by atoms with Crippen LogP contribution in [0.4, 0.5) is 0 Å². The van der Waals surface area contributed by atoms with E-state index in [-0.39, 0.29) is 12.1 Å². The topological polar surface area (TPSA) is 29.5 Å². The summed E-state index contributed by atoms with van der Waals surface area (Å²) in [4.78, 5) is 14.5. The Morgan fingerprint density at radius 3 is 2.78 bits per heavy atom. The molecule has 3 nitrogen and oxygen atoms in total. The lowest BCUT2D eigenvalue weighted by molar-refractivity contribution is -0.144. The Hall–Kier alpha value is -0.570. The molecular weight excluding hydrogens is 226 g/mol. The van der Waals surface area contributed by atoms with Gasteiger partial charge < -0.3 is 9.64 Å². The largest absolute Gasteiger partial charge is 0.375 e. The molecule has 0 spiro atoms. The molecule has 3 heteroatoms. The summed E-state index contributed by atoms with van der Waals surface area (Å²) in [6, 6.07) is 0.257. The monoisotopic (exact) mass is 251 g/mol. The molecule has 2 bridgehead atoms. The van der Waals surface area contributed by atoms with Gasteiger partial charge in [-0.3, -0.25) is 4.79 Å². The van der Waals surface area contributed by atoms with Crippen molar-refractivity contribution in [3.8, 4) is 0 Å². The van der Waals surface area contributed by atoms with Crippen LogP contribution in [0.15, 0.2) is 0 Å². The number of hydrogen-bond acceptors (Lipinski definition) is 2. The van der Waals surface area contributed by atoms with Crippen molar-refractivity contribution in [2.75, 3.05) is 13.2 Å². The number of hydrogen-bond donors (Lipinski definition) is 0. The Morgan fingerprint density at radius 1 is 1.28 bits per heavy atom. The van der Waals surface area contributed by atoms with Crippen LogP contribution in [0.25, 0.3) is 0 Å². The molecule has 1 saturated heterocycles. The number of amides is 1. The molecule has 3 rings (SSSR count). The van der Waals surface area contributed by atoms with Gasteiger partial charge in [0.25, 0.3) is 0 Å². The molecule has 0 radical (unpaired) electrons. The lowest BCUT2D eigenvalue weighted by Gasteiger charge is -2.38. The first kappa shape index (κ1) is 12.5. The molecule has 2 aliphatic carbocycles. The van der Waals surface area contributed by atoms with Gasteiger partial charge in [0.1, 0.15) is 0 Å². The maximum atomic E-state index is 12.5. The molecule has 2 saturated carbocycles.